The second kappa shape index (κ2) is 6.76. The molecule has 112 valence electrons. The number of piperidine rings is 1. The van der Waals surface area contributed by atoms with Gasteiger partial charge < -0.3 is 15.0 Å². The largest absolute Gasteiger partial charge is 0.497 e. The number of fused-ring (bicyclic) bond motifs is 1. The van der Waals surface area contributed by atoms with E-state index in [0.29, 0.717) is 0 Å². The van der Waals surface area contributed by atoms with Gasteiger partial charge in [-0.25, -0.2) is 4.98 Å². The number of hydrogen-bond acceptors (Lipinski definition) is 4. The van der Waals surface area contributed by atoms with Gasteiger partial charge in [0.05, 0.1) is 7.11 Å². The summed E-state index contributed by atoms with van der Waals surface area (Å²) in [7, 11) is 1.70. The molecule has 1 aromatic carbocycles. The summed E-state index contributed by atoms with van der Waals surface area (Å²) in [5.74, 6) is 1.82. The van der Waals surface area contributed by atoms with Crippen LogP contribution in [-0.2, 0) is 0 Å². The van der Waals surface area contributed by atoms with Crippen LogP contribution in [0.5, 0.6) is 5.75 Å². The molecule has 0 atom stereocenters. The van der Waals surface area contributed by atoms with E-state index in [-0.39, 0.29) is 0 Å². The summed E-state index contributed by atoms with van der Waals surface area (Å²) in [6.07, 6.45) is 5.92. The molecule has 4 heteroatoms. The van der Waals surface area contributed by atoms with Crippen LogP contribution in [0.15, 0.2) is 30.5 Å². The third-order valence-electron chi connectivity index (χ3n) is 4.14. The van der Waals surface area contributed by atoms with Gasteiger partial charge in [0, 0.05) is 24.7 Å². The van der Waals surface area contributed by atoms with Crippen molar-refractivity contribution in [3.05, 3.63) is 30.5 Å². The number of aromatic nitrogens is 1. The number of likely N-dealkylation sites (tertiary alicyclic amines) is 1. The Balaban J connectivity index is 1.68. The molecule has 2 heterocycles. The average Bonchev–Trinajstić information content (AvgIpc) is 2.55. The highest BCUT2D eigenvalue weighted by molar-refractivity contribution is 5.92. The molecule has 1 N–H and O–H groups in total. The normalized spacial score (nSPS) is 16.0. The monoisotopic (exact) mass is 285 g/mol. The number of rotatable bonds is 5. The smallest absolute Gasteiger partial charge is 0.133 e. The van der Waals surface area contributed by atoms with Crippen LogP contribution in [0.1, 0.15) is 19.3 Å². The second-order valence-corrected chi connectivity index (χ2v) is 5.58. The van der Waals surface area contributed by atoms with Crippen molar-refractivity contribution in [1.82, 2.24) is 9.88 Å². The summed E-state index contributed by atoms with van der Waals surface area (Å²) < 4.78 is 5.31. The van der Waals surface area contributed by atoms with Crippen LogP contribution in [0.25, 0.3) is 10.8 Å². The van der Waals surface area contributed by atoms with Crippen LogP contribution in [0, 0.1) is 0 Å². The molecule has 0 bridgehead atoms. The van der Waals surface area contributed by atoms with E-state index >= 15 is 0 Å². The van der Waals surface area contributed by atoms with E-state index in [2.05, 4.69) is 21.3 Å². The number of nitrogens with zero attached hydrogens (tertiary/aromatic N) is 2. The molecule has 2 aromatic rings. The fourth-order valence-electron chi connectivity index (χ4n) is 2.93. The Morgan fingerprint density at radius 3 is 2.86 bits per heavy atom. The summed E-state index contributed by atoms with van der Waals surface area (Å²) in [6, 6.07) is 8.14. The van der Waals surface area contributed by atoms with Crippen LogP contribution in [0.3, 0.4) is 0 Å². The highest BCUT2D eigenvalue weighted by Gasteiger charge is 2.09. The molecule has 0 unspecified atom stereocenters. The molecule has 0 amide bonds. The van der Waals surface area contributed by atoms with Crippen LogP contribution >= 0.6 is 0 Å². The topological polar surface area (TPSA) is 37.4 Å². The van der Waals surface area contributed by atoms with Gasteiger partial charge in [0.25, 0.3) is 0 Å². The molecule has 4 nitrogen and oxygen atoms in total. The molecule has 1 aromatic heterocycles. The molecule has 3 rings (SSSR count). The molecule has 1 aliphatic rings. The lowest BCUT2D eigenvalue weighted by atomic mass is 10.1. The van der Waals surface area contributed by atoms with Gasteiger partial charge in [0.1, 0.15) is 11.6 Å². The van der Waals surface area contributed by atoms with E-state index in [1.807, 2.05) is 24.4 Å². The van der Waals surface area contributed by atoms with Gasteiger partial charge in [-0.1, -0.05) is 12.5 Å². The van der Waals surface area contributed by atoms with Crippen molar-refractivity contribution in [2.45, 2.75) is 19.3 Å². The van der Waals surface area contributed by atoms with Crippen molar-refractivity contribution >= 4 is 16.6 Å². The molecular formula is C17H23N3O. The highest BCUT2D eigenvalue weighted by Crippen LogP contribution is 2.25. The summed E-state index contributed by atoms with van der Waals surface area (Å²) >= 11 is 0. The number of nitrogens with one attached hydrogen (secondary N) is 1. The molecular weight excluding hydrogens is 262 g/mol. The lowest BCUT2D eigenvalue weighted by Crippen LogP contribution is -2.33. The minimum atomic E-state index is 0.870. The highest BCUT2D eigenvalue weighted by atomic mass is 16.5. The van der Waals surface area contributed by atoms with Crippen LogP contribution in [-0.4, -0.2) is 43.2 Å². The van der Waals surface area contributed by atoms with Crippen molar-refractivity contribution in [1.29, 1.82) is 0 Å². The van der Waals surface area contributed by atoms with Crippen LogP contribution < -0.4 is 10.1 Å². The molecule has 21 heavy (non-hydrogen) atoms. The number of methoxy groups -OCH3 is 1. The van der Waals surface area contributed by atoms with Gasteiger partial charge in [-0.05, 0) is 49.5 Å². The minimum Gasteiger partial charge on any atom is -0.497 e. The molecule has 0 radical (unpaired) electrons. The lowest BCUT2D eigenvalue weighted by Gasteiger charge is -2.26. The van der Waals surface area contributed by atoms with Gasteiger partial charge in [-0.15, -0.1) is 0 Å². The Morgan fingerprint density at radius 1 is 1.19 bits per heavy atom. The first-order valence-corrected chi connectivity index (χ1v) is 7.76. The first kappa shape index (κ1) is 14.1. The summed E-state index contributed by atoms with van der Waals surface area (Å²) in [4.78, 5) is 7.01. The number of hydrogen-bond donors (Lipinski definition) is 1. The van der Waals surface area contributed by atoms with Crippen molar-refractivity contribution in [3.8, 4) is 5.75 Å². The van der Waals surface area contributed by atoms with Crippen molar-refractivity contribution in [3.63, 3.8) is 0 Å². The zero-order chi connectivity index (χ0) is 14.5. The first-order valence-electron chi connectivity index (χ1n) is 7.76. The van der Waals surface area contributed by atoms with E-state index in [0.717, 1.165) is 30.0 Å². The molecule has 1 fully saturated rings. The quantitative estimate of drug-likeness (QED) is 0.916. The number of anilines is 1. The molecule has 1 aliphatic heterocycles. The Bertz CT molecular complexity index is 594. The Kier molecular flexibility index (Phi) is 4.55. The Labute approximate surface area is 126 Å². The summed E-state index contributed by atoms with van der Waals surface area (Å²) in [5, 5.41) is 5.79. The number of benzene rings is 1. The fraction of sp³-hybridized carbons (Fsp3) is 0.471. The van der Waals surface area contributed by atoms with Crippen LogP contribution in [0.2, 0.25) is 0 Å². The molecule has 0 saturated carbocycles. The van der Waals surface area contributed by atoms with E-state index in [4.69, 9.17) is 4.74 Å². The minimum absolute atomic E-state index is 0.870. The van der Waals surface area contributed by atoms with Gasteiger partial charge in [-0.3, -0.25) is 0 Å². The molecule has 0 spiro atoms. The van der Waals surface area contributed by atoms with Gasteiger partial charge in [-0.2, -0.15) is 0 Å². The van der Waals surface area contributed by atoms with Gasteiger partial charge in [0.2, 0.25) is 0 Å². The van der Waals surface area contributed by atoms with Crippen LogP contribution in [0.4, 0.5) is 5.82 Å². The molecule has 1 saturated heterocycles. The van der Waals surface area contributed by atoms with Gasteiger partial charge in [0.15, 0.2) is 0 Å². The summed E-state index contributed by atoms with van der Waals surface area (Å²) in [6.45, 7) is 4.49. The van der Waals surface area contributed by atoms with Crippen molar-refractivity contribution in [2.75, 3.05) is 38.6 Å². The Hall–Kier alpha value is -1.81. The zero-order valence-electron chi connectivity index (χ0n) is 12.6. The fourth-order valence-corrected chi connectivity index (χ4v) is 2.93. The second-order valence-electron chi connectivity index (χ2n) is 5.58. The molecule has 0 aliphatic carbocycles. The average molecular weight is 285 g/mol. The van der Waals surface area contributed by atoms with E-state index < -0.39 is 0 Å². The predicted octanol–water partition coefficient (Wildman–Crippen LogP) is 3.14. The standard InChI is InChI=1S/C17H23N3O/c1-21-15-6-5-14-7-8-18-17(16(14)13-15)19-9-12-20-10-3-2-4-11-20/h5-8,13H,2-4,9-12H2,1H3,(H,18,19). The SMILES string of the molecule is COc1ccc2ccnc(NCCN3CCCCC3)c2c1. The van der Waals surface area contributed by atoms with E-state index in [1.54, 1.807) is 7.11 Å². The maximum absolute atomic E-state index is 5.31. The number of pyridine rings is 1. The third-order valence-corrected chi connectivity index (χ3v) is 4.14. The van der Waals surface area contributed by atoms with Gasteiger partial charge >= 0.3 is 0 Å². The maximum atomic E-state index is 5.31. The zero-order valence-corrected chi connectivity index (χ0v) is 12.6. The van der Waals surface area contributed by atoms with Crippen molar-refractivity contribution in [2.24, 2.45) is 0 Å². The third kappa shape index (κ3) is 3.45. The van der Waals surface area contributed by atoms with E-state index in [1.165, 1.54) is 37.7 Å². The van der Waals surface area contributed by atoms with Crippen molar-refractivity contribution < 1.29 is 4.74 Å². The number of ether oxygens (including phenoxy) is 1. The first-order chi connectivity index (χ1) is 10.4. The maximum Gasteiger partial charge on any atom is 0.133 e. The Morgan fingerprint density at radius 2 is 2.05 bits per heavy atom. The lowest BCUT2D eigenvalue weighted by molar-refractivity contribution is 0.237. The predicted molar refractivity (Wildman–Crippen MR) is 87.1 cm³/mol. The van der Waals surface area contributed by atoms with E-state index in [9.17, 15) is 0 Å². The summed E-state index contributed by atoms with van der Waals surface area (Å²) in [5.41, 5.74) is 0.